The molecule has 2 N–H and O–H groups in total. The SMILES string of the molecule is Cc1ccc(NC(=O)c2sc(NC(=O)c3csc4c3CCC(C)C4)c(C(=O)OC(C)C)c2C)c(C)c1. The van der Waals surface area contributed by atoms with Crippen LogP contribution < -0.4 is 10.6 Å². The monoisotopic (exact) mass is 524 g/mol. The molecule has 0 aliphatic heterocycles. The van der Waals surface area contributed by atoms with E-state index in [1.807, 2.05) is 37.4 Å². The van der Waals surface area contributed by atoms with Crippen molar-refractivity contribution in [2.75, 3.05) is 10.6 Å². The lowest BCUT2D eigenvalue weighted by molar-refractivity contribution is 0.0379. The number of anilines is 2. The van der Waals surface area contributed by atoms with E-state index in [0.717, 1.165) is 47.3 Å². The van der Waals surface area contributed by atoms with Gasteiger partial charge in [-0.05, 0) is 82.6 Å². The second-order valence-corrected chi connectivity index (χ2v) is 11.8. The molecule has 8 heteroatoms. The van der Waals surface area contributed by atoms with Crippen LogP contribution in [0.4, 0.5) is 10.7 Å². The maximum absolute atomic E-state index is 13.3. The van der Waals surface area contributed by atoms with Crippen LogP contribution in [0, 0.1) is 26.7 Å². The first-order valence-corrected chi connectivity index (χ1v) is 13.9. The summed E-state index contributed by atoms with van der Waals surface area (Å²) in [5.74, 6) is -0.530. The van der Waals surface area contributed by atoms with E-state index in [0.29, 0.717) is 32.6 Å². The minimum Gasteiger partial charge on any atom is -0.459 e. The van der Waals surface area contributed by atoms with Crippen molar-refractivity contribution >= 4 is 51.1 Å². The Morgan fingerprint density at radius 1 is 1.08 bits per heavy atom. The molecule has 6 nitrogen and oxygen atoms in total. The zero-order valence-electron chi connectivity index (χ0n) is 21.5. The van der Waals surface area contributed by atoms with E-state index in [1.165, 1.54) is 4.88 Å². The number of rotatable bonds is 6. The van der Waals surface area contributed by atoms with Crippen LogP contribution in [0.2, 0.25) is 0 Å². The number of ether oxygens (including phenoxy) is 1. The highest BCUT2D eigenvalue weighted by Gasteiger charge is 2.29. The lowest BCUT2D eigenvalue weighted by atomic mass is 9.88. The molecule has 2 amide bonds. The molecule has 0 saturated carbocycles. The minimum absolute atomic E-state index is 0.227. The molecule has 1 unspecified atom stereocenters. The van der Waals surface area contributed by atoms with Gasteiger partial charge in [0.2, 0.25) is 0 Å². The minimum atomic E-state index is -0.555. The van der Waals surface area contributed by atoms with Crippen molar-refractivity contribution in [1.29, 1.82) is 0 Å². The zero-order valence-corrected chi connectivity index (χ0v) is 23.2. The number of amides is 2. The van der Waals surface area contributed by atoms with Crippen LogP contribution in [-0.2, 0) is 17.6 Å². The second-order valence-electron chi connectivity index (χ2n) is 9.84. The number of carbonyl (C=O) groups excluding carboxylic acids is 3. The largest absolute Gasteiger partial charge is 0.459 e. The van der Waals surface area contributed by atoms with Gasteiger partial charge in [0.1, 0.15) is 5.00 Å². The first kappa shape index (κ1) is 26.1. The lowest BCUT2D eigenvalue weighted by Crippen LogP contribution is -2.18. The third kappa shape index (κ3) is 5.39. The fraction of sp³-hybridized carbons (Fsp3) is 0.393. The van der Waals surface area contributed by atoms with E-state index in [2.05, 4.69) is 17.6 Å². The molecule has 0 radical (unpaired) electrons. The molecule has 190 valence electrons. The summed E-state index contributed by atoms with van der Waals surface area (Å²) in [6.45, 7) is 11.4. The van der Waals surface area contributed by atoms with Crippen LogP contribution in [0.5, 0.6) is 0 Å². The van der Waals surface area contributed by atoms with Crippen LogP contribution in [0.25, 0.3) is 0 Å². The molecule has 0 saturated heterocycles. The molecule has 1 aliphatic carbocycles. The molecular formula is C28H32N2O4S2. The molecule has 0 bridgehead atoms. The summed E-state index contributed by atoms with van der Waals surface area (Å²) in [5, 5.41) is 8.11. The van der Waals surface area contributed by atoms with Gasteiger partial charge in [0.05, 0.1) is 22.1 Å². The molecule has 0 spiro atoms. The van der Waals surface area contributed by atoms with Gasteiger partial charge in [-0.15, -0.1) is 22.7 Å². The summed E-state index contributed by atoms with van der Waals surface area (Å²) >= 11 is 2.72. The van der Waals surface area contributed by atoms with E-state index < -0.39 is 5.97 Å². The Morgan fingerprint density at radius 2 is 1.83 bits per heavy atom. The Bertz CT molecular complexity index is 1340. The number of esters is 1. The quantitative estimate of drug-likeness (QED) is 0.343. The second kappa shape index (κ2) is 10.6. The Kier molecular flexibility index (Phi) is 7.66. The molecule has 2 heterocycles. The summed E-state index contributed by atoms with van der Waals surface area (Å²) in [6.07, 6.45) is 2.58. The van der Waals surface area contributed by atoms with Crippen molar-refractivity contribution in [2.24, 2.45) is 5.92 Å². The highest BCUT2D eigenvalue weighted by Crippen LogP contribution is 2.37. The highest BCUT2D eigenvalue weighted by atomic mass is 32.1. The molecule has 1 aliphatic rings. The number of thiophene rings is 2. The number of hydrogen-bond donors (Lipinski definition) is 2. The van der Waals surface area contributed by atoms with E-state index in [9.17, 15) is 14.4 Å². The molecular weight excluding hydrogens is 492 g/mol. The van der Waals surface area contributed by atoms with Crippen molar-refractivity contribution in [1.82, 2.24) is 0 Å². The first-order chi connectivity index (χ1) is 17.0. The average molecular weight is 525 g/mol. The first-order valence-electron chi connectivity index (χ1n) is 12.2. The molecule has 3 aromatic rings. The molecule has 4 rings (SSSR count). The van der Waals surface area contributed by atoms with Crippen LogP contribution >= 0.6 is 22.7 Å². The smallest absolute Gasteiger partial charge is 0.341 e. The molecule has 1 atom stereocenters. The summed E-state index contributed by atoms with van der Waals surface area (Å²) in [5.41, 5.74) is 5.22. The maximum Gasteiger partial charge on any atom is 0.341 e. The average Bonchev–Trinajstić information content (AvgIpc) is 3.35. The van der Waals surface area contributed by atoms with Crippen molar-refractivity contribution in [3.63, 3.8) is 0 Å². The number of benzene rings is 1. The third-order valence-corrected chi connectivity index (χ3v) is 8.66. The number of nitrogens with one attached hydrogen (secondary N) is 2. The Balaban J connectivity index is 1.66. The number of aryl methyl sites for hydroxylation is 2. The van der Waals surface area contributed by atoms with Crippen LogP contribution in [-0.4, -0.2) is 23.9 Å². The normalized spacial score (nSPS) is 14.9. The zero-order chi connectivity index (χ0) is 26.1. The van der Waals surface area contributed by atoms with Gasteiger partial charge in [-0.2, -0.15) is 0 Å². The van der Waals surface area contributed by atoms with Crippen molar-refractivity contribution in [2.45, 2.75) is 66.9 Å². The van der Waals surface area contributed by atoms with Crippen LogP contribution in [0.3, 0.4) is 0 Å². The standard InChI is InChI=1S/C28H32N2O4S2/c1-14(2)34-28(33)23-18(6)24(26(32)29-21-10-8-15(3)11-17(21)5)36-27(23)30-25(31)20-13-35-22-12-16(4)7-9-19(20)22/h8,10-11,13-14,16H,7,9,12H2,1-6H3,(H,29,32)(H,30,31). The fourth-order valence-electron chi connectivity index (χ4n) is 4.51. The maximum atomic E-state index is 13.3. The molecule has 2 aromatic heterocycles. The molecule has 36 heavy (non-hydrogen) atoms. The van der Waals surface area contributed by atoms with Crippen LogP contribution in [0.1, 0.15) is 84.7 Å². The van der Waals surface area contributed by atoms with E-state index in [1.54, 1.807) is 32.1 Å². The van der Waals surface area contributed by atoms with Crippen molar-refractivity contribution < 1.29 is 19.1 Å². The summed E-state index contributed by atoms with van der Waals surface area (Å²) in [7, 11) is 0. The predicted octanol–water partition coefficient (Wildman–Crippen LogP) is 6.93. The summed E-state index contributed by atoms with van der Waals surface area (Å²) in [4.78, 5) is 41.2. The molecule has 1 aromatic carbocycles. The van der Waals surface area contributed by atoms with Gasteiger partial charge in [-0.25, -0.2) is 4.79 Å². The number of carbonyl (C=O) groups is 3. The van der Waals surface area contributed by atoms with Gasteiger partial charge < -0.3 is 15.4 Å². The topological polar surface area (TPSA) is 84.5 Å². The van der Waals surface area contributed by atoms with Crippen molar-refractivity contribution in [3.05, 3.63) is 66.7 Å². The third-order valence-electron chi connectivity index (χ3n) is 6.40. The van der Waals surface area contributed by atoms with Gasteiger partial charge >= 0.3 is 5.97 Å². The van der Waals surface area contributed by atoms with Crippen molar-refractivity contribution in [3.8, 4) is 0 Å². The van der Waals surface area contributed by atoms with Gasteiger partial charge in [0, 0.05) is 15.9 Å². The molecule has 0 fully saturated rings. The number of fused-ring (bicyclic) bond motifs is 1. The van der Waals surface area contributed by atoms with Gasteiger partial charge in [-0.3, -0.25) is 9.59 Å². The Hall–Kier alpha value is -2.97. The Morgan fingerprint density at radius 3 is 2.53 bits per heavy atom. The fourth-order valence-corrected chi connectivity index (χ4v) is 6.84. The lowest BCUT2D eigenvalue weighted by Gasteiger charge is -2.18. The summed E-state index contributed by atoms with van der Waals surface area (Å²) < 4.78 is 5.46. The van der Waals surface area contributed by atoms with Crippen LogP contribution in [0.15, 0.2) is 23.6 Å². The highest BCUT2D eigenvalue weighted by molar-refractivity contribution is 7.19. The van der Waals surface area contributed by atoms with Gasteiger partial charge in [0.25, 0.3) is 11.8 Å². The number of hydrogen-bond acceptors (Lipinski definition) is 6. The van der Waals surface area contributed by atoms with E-state index in [4.69, 9.17) is 4.74 Å². The van der Waals surface area contributed by atoms with E-state index in [-0.39, 0.29) is 23.5 Å². The Labute approximate surface area is 220 Å². The van der Waals surface area contributed by atoms with E-state index >= 15 is 0 Å². The summed E-state index contributed by atoms with van der Waals surface area (Å²) in [6, 6.07) is 5.79. The van der Waals surface area contributed by atoms with Gasteiger partial charge in [-0.1, -0.05) is 24.6 Å². The predicted molar refractivity (Wildman–Crippen MR) is 147 cm³/mol. The van der Waals surface area contributed by atoms with Gasteiger partial charge in [0.15, 0.2) is 0 Å².